The van der Waals surface area contributed by atoms with E-state index in [2.05, 4.69) is 5.32 Å². The van der Waals surface area contributed by atoms with Crippen LogP contribution in [0.3, 0.4) is 0 Å². The van der Waals surface area contributed by atoms with E-state index in [-0.39, 0.29) is 17.2 Å². The number of allylic oxidation sites excluding steroid dienone is 2. The smallest absolute Gasteiger partial charge is 0.382 e. The summed E-state index contributed by atoms with van der Waals surface area (Å²) in [6.07, 6.45) is 3.25. The van der Waals surface area contributed by atoms with Gasteiger partial charge in [-0.2, -0.15) is 13.2 Å². The zero-order chi connectivity index (χ0) is 23.6. The standard InChI is InChI=1S/C27H28F3NO2/c1-17-8-9-18-11-13-22(26(33)23(18)14-17)25(32)15-19-10-12-21(16-24(19)27(28,29)30)31-20-6-4-2-3-5-7-20/h8-10,12-14,16,20,31H,2-7,11,15H2,1H3. The highest BCUT2D eigenvalue weighted by Crippen LogP contribution is 2.35. The third-order valence-electron chi connectivity index (χ3n) is 6.57. The molecule has 4 rings (SSSR count). The van der Waals surface area contributed by atoms with Crippen molar-refractivity contribution in [2.45, 2.75) is 70.5 Å². The Labute approximate surface area is 192 Å². The number of benzene rings is 2. The van der Waals surface area contributed by atoms with Crippen molar-refractivity contribution in [3.05, 3.63) is 75.9 Å². The predicted molar refractivity (Wildman–Crippen MR) is 123 cm³/mol. The van der Waals surface area contributed by atoms with Crippen LogP contribution in [-0.2, 0) is 23.8 Å². The van der Waals surface area contributed by atoms with Crippen molar-refractivity contribution in [2.75, 3.05) is 5.32 Å². The molecule has 0 amide bonds. The number of carbonyl (C=O) groups is 2. The van der Waals surface area contributed by atoms with E-state index in [0.29, 0.717) is 17.7 Å². The van der Waals surface area contributed by atoms with Crippen LogP contribution in [0.15, 0.2) is 48.0 Å². The van der Waals surface area contributed by atoms with Gasteiger partial charge in [-0.3, -0.25) is 9.59 Å². The second-order valence-electron chi connectivity index (χ2n) is 9.11. The highest BCUT2D eigenvalue weighted by atomic mass is 19.4. The number of Topliss-reactive ketones (excluding diaryl/α,β-unsaturated/α-hetero) is 2. The van der Waals surface area contributed by atoms with Crippen LogP contribution in [-0.4, -0.2) is 17.6 Å². The van der Waals surface area contributed by atoms with Gasteiger partial charge in [0.15, 0.2) is 11.6 Å². The van der Waals surface area contributed by atoms with Crippen molar-refractivity contribution in [1.29, 1.82) is 0 Å². The van der Waals surface area contributed by atoms with Gasteiger partial charge in [-0.1, -0.05) is 55.5 Å². The minimum Gasteiger partial charge on any atom is -0.382 e. The summed E-state index contributed by atoms with van der Waals surface area (Å²) in [4.78, 5) is 25.8. The minimum atomic E-state index is -4.59. The predicted octanol–water partition coefficient (Wildman–Crippen LogP) is 6.63. The molecule has 0 saturated heterocycles. The lowest BCUT2D eigenvalue weighted by Crippen LogP contribution is -2.22. The van der Waals surface area contributed by atoms with Crippen molar-refractivity contribution in [1.82, 2.24) is 0 Å². The molecule has 0 unspecified atom stereocenters. The van der Waals surface area contributed by atoms with Gasteiger partial charge in [0.05, 0.1) is 11.1 Å². The summed E-state index contributed by atoms with van der Waals surface area (Å²) in [5, 5.41) is 3.25. The van der Waals surface area contributed by atoms with E-state index in [9.17, 15) is 22.8 Å². The lowest BCUT2D eigenvalue weighted by atomic mass is 9.85. The van der Waals surface area contributed by atoms with Gasteiger partial charge < -0.3 is 5.32 Å². The molecule has 0 radical (unpaired) electrons. The monoisotopic (exact) mass is 455 g/mol. The lowest BCUT2D eigenvalue weighted by molar-refractivity contribution is -0.138. The van der Waals surface area contributed by atoms with Crippen molar-refractivity contribution in [3.63, 3.8) is 0 Å². The Morgan fingerprint density at radius 2 is 1.76 bits per heavy atom. The summed E-state index contributed by atoms with van der Waals surface area (Å²) in [7, 11) is 0. The fourth-order valence-electron chi connectivity index (χ4n) is 4.78. The largest absolute Gasteiger partial charge is 0.416 e. The molecular formula is C27H28F3NO2. The Kier molecular flexibility index (Phi) is 6.73. The van der Waals surface area contributed by atoms with Crippen LogP contribution in [0.25, 0.3) is 0 Å². The molecule has 0 heterocycles. The van der Waals surface area contributed by atoms with E-state index in [0.717, 1.165) is 55.7 Å². The van der Waals surface area contributed by atoms with Crippen LogP contribution in [0.4, 0.5) is 18.9 Å². The second-order valence-corrected chi connectivity index (χ2v) is 9.11. The molecule has 0 bridgehead atoms. The van der Waals surface area contributed by atoms with Crippen LogP contribution in [0, 0.1) is 6.92 Å². The van der Waals surface area contributed by atoms with Crippen molar-refractivity contribution >= 4 is 17.3 Å². The molecule has 3 nitrogen and oxygen atoms in total. The van der Waals surface area contributed by atoms with Crippen LogP contribution in [0.2, 0.25) is 0 Å². The van der Waals surface area contributed by atoms with Crippen LogP contribution in [0.5, 0.6) is 0 Å². The van der Waals surface area contributed by atoms with Crippen LogP contribution < -0.4 is 5.32 Å². The SMILES string of the molecule is Cc1ccc2c(c1)C(=O)C(C(=O)Cc1ccc(NC3CCCCCC3)cc1C(F)(F)F)=CC2. The molecule has 33 heavy (non-hydrogen) atoms. The Bertz CT molecular complexity index is 1090. The summed E-state index contributed by atoms with van der Waals surface area (Å²) in [5.74, 6) is -0.993. The van der Waals surface area contributed by atoms with Gasteiger partial charge in [0.2, 0.25) is 0 Å². The zero-order valence-electron chi connectivity index (χ0n) is 18.7. The molecule has 174 valence electrons. The van der Waals surface area contributed by atoms with Gasteiger partial charge in [-0.25, -0.2) is 0 Å². The van der Waals surface area contributed by atoms with Gasteiger partial charge in [-0.05, 0) is 55.5 Å². The summed E-state index contributed by atoms with van der Waals surface area (Å²) in [6.45, 7) is 1.85. The number of rotatable bonds is 5. The maximum absolute atomic E-state index is 13.9. The van der Waals surface area contributed by atoms with Crippen molar-refractivity contribution in [2.24, 2.45) is 0 Å². The van der Waals surface area contributed by atoms with E-state index in [1.54, 1.807) is 12.1 Å². The minimum absolute atomic E-state index is 0.0260. The maximum Gasteiger partial charge on any atom is 0.416 e. The summed E-state index contributed by atoms with van der Waals surface area (Å²) < 4.78 is 41.6. The number of halogens is 3. The Morgan fingerprint density at radius 3 is 2.45 bits per heavy atom. The maximum atomic E-state index is 13.9. The number of aryl methyl sites for hydroxylation is 1. The number of nitrogens with one attached hydrogen (secondary N) is 1. The Balaban J connectivity index is 1.55. The number of alkyl halides is 3. The average Bonchev–Trinajstić information content (AvgIpc) is 3.03. The van der Waals surface area contributed by atoms with Gasteiger partial charge in [0.1, 0.15) is 0 Å². The van der Waals surface area contributed by atoms with Crippen LogP contribution >= 0.6 is 0 Å². The third-order valence-corrected chi connectivity index (χ3v) is 6.57. The van der Waals surface area contributed by atoms with Gasteiger partial charge in [0.25, 0.3) is 0 Å². The molecule has 0 spiro atoms. The number of hydrogen-bond acceptors (Lipinski definition) is 3. The highest BCUT2D eigenvalue weighted by Gasteiger charge is 2.35. The quantitative estimate of drug-likeness (QED) is 0.407. The van der Waals surface area contributed by atoms with E-state index < -0.39 is 29.7 Å². The van der Waals surface area contributed by atoms with E-state index >= 15 is 0 Å². The molecule has 2 aliphatic rings. The Hall–Kier alpha value is -2.89. The van der Waals surface area contributed by atoms with Crippen molar-refractivity contribution in [3.8, 4) is 0 Å². The third kappa shape index (κ3) is 5.37. The number of carbonyl (C=O) groups excluding carboxylic acids is 2. The molecule has 2 aliphatic carbocycles. The van der Waals surface area contributed by atoms with Gasteiger partial charge >= 0.3 is 6.18 Å². The number of fused-ring (bicyclic) bond motifs is 1. The fraction of sp³-hybridized carbons (Fsp3) is 0.407. The molecule has 0 aromatic heterocycles. The first-order valence-corrected chi connectivity index (χ1v) is 11.6. The fourth-order valence-corrected chi connectivity index (χ4v) is 4.78. The molecular weight excluding hydrogens is 427 g/mol. The molecule has 1 fully saturated rings. The molecule has 1 N–H and O–H groups in total. The zero-order valence-corrected chi connectivity index (χ0v) is 18.7. The summed E-state index contributed by atoms with van der Waals surface area (Å²) in [6, 6.07) is 9.71. The topological polar surface area (TPSA) is 46.2 Å². The number of ketones is 2. The molecule has 2 aromatic rings. The highest BCUT2D eigenvalue weighted by molar-refractivity contribution is 6.27. The summed E-state index contributed by atoms with van der Waals surface area (Å²) >= 11 is 0. The Morgan fingerprint density at radius 1 is 1.03 bits per heavy atom. The van der Waals surface area contributed by atoms with Gasteiger partial charge in [-0.15, -0.1) is 0 Å². The first kappa shape index (κ1) is 23.3. The van der Waals surface area contributed by atoms with Crippen LogP contribution in [0.1, 0.15) is 71.1 Å². The lowest BCUT2D eigenvalue weighted by Gasteiger charge is -2.21. The molecule has 0 aliphatic heterocycles. The van der Waals surface area contributed by atoms with Gasteiger partial charge in [0, 0.05) is 23.7 Å². The molecule has 2 aromatic carbocycles. The molecule has 1 saturated carbocycles. The van der Waals surface area contributed by atoms with E-state index in [1.807, 2.05) is 19.1 Å². The first-order chi connectivity index (χ1) is 15.7. The average molecular weight is 456 g/mol. The van der Waals surface area contributed by atoms with E-state index in [1.165, 1.54) is 12.1 Å². The second kappa shape index (κ2) is 9.54. The molecule has 6 heteroatoms. The summed E-state index contributed by atoms with van der Waals surface area (Å²) in [5.41, 5.74) is 1.64. The first-order valence-electron chi connectivity index (χ1n) is 11.6. The normalized spacial score (nSPS) is 17.2. The number of anilines is 1. The van der Waals surface area contributed by atoms with Crippen molar-refractivity contribution < 1.29 is 22.8 Å². The number of hydrogen-bond donors (Lipinski definition) is 1. The van der Waals surface area contributed by atoms with E-state index in [4.69, 9.17) is 0 Å². The molecule has 0 atom stereocenters.